The van der Waals surface area contributed by atoms with Gasteiger partial charge in [-0.15, -0.1) is 24.0 Å². The molecule has 0 radical (unpaired) electrons. The molecule has 0 amide bonds. The molecule has 0 aromatic heterocycles. The van der Waals surface area contributed by atoms with E-state index in [-0.39, 0.29) is 24.0 Å². The van der Waals surface area contributed by atoms with E-state index in [4.69, 9.17) is 4.74 Å². The fourth-order valence-electron chi connectivity index (χ4n) is 3.43. The van der Waals surface area contributed by atoms with Crippen LogP contribution in [0.25, 0.3) is 0 Å². The minimum Gasteiger partial charge on any atom is -0.379 e. The Balaban J connectivity index is 0.00000261. The lowest BCUT2D eigenvalue weighted by Gasteiger charge is -2.26. The molecule has 1 atom stereocenters. The van der Waals surface area contributed by atoms with Gasteiger partial charge >= 0.3 is 0 Å². The van der Waals surface area contributed by atoms with Crippen LogP contribution in [0.4, 0.5) is 0 Å². The van der Waals surface area contributed by atoms with Crippen LogP contribution in [-0.2, 0) is 17.8 Å². The Kier molecular flexibility index (Phi) is 9.69. The van der Waals surface area contributed by atoms with Gasteiger partial charge in [0.1, 0.15) is 0 Å². The number of hydrogen-bond acceptors (Lipinski definition) is 4. The second-order valence-corrected chi connectivity index (χ2v) is 9.07. The monoisotopic (exact) mass is 504 g/mol. The number of nitrogens with zero attached hydrogens (tertiary/aromatic N) is 2. The number of ether oxygens (including phenoxy) is 1. The van der Waals surface area contributed by atoms with Crippen molar-refractivity contribution in [3.05, 3.63) is 35.4 Å². The summed E-state index contributed by atoms with van der Waals surface area (Å²) in [4.78, 5) is 6.81. The van der Waals surface area contributed by atoms with E-state index < -0.39 is 0 Å². The van der Waals surface area contributed by atoms with Crippen molar-refractivity contribution in [2.24, 2.45) is 4.99 Å². The topological polar surface area (TPSA) is 48.9 Å². The van der Waals surface area contributed by atoms with E-state index in [0.717, 1.165) is 51.9 Å². The summed E-state index contributed by atoms with van der Waals surface area (Å²) in [5.41, 5.74) is 2.64. The van der Waals surface area contributed by atoms with Crippen LogP contribution >= 0.6 is 35.7 Å². The molecular weight excluding hydrogens is 471 g/mol. The molecule has 0 bridgehead atoms. The highest BCUT2D eigenvalue weighted by molar-refractivity contribution is 14.0. The maximum atomic E-state index is 5.41. The minimum atomic E-state index is 0. The van der Waals surface area contributed by atoms with E-state index in [0.29, 0.717) is 4.75 Å². The molecule has 0 saturated carbocycles. The molecule has 1 aromatic carbocycles. The summed E-state index contributed by atoms with van der Waals surface area (Å²) in [6.07, 6.45) is 2.61. The Bertz CT molecular complexity index is 584. The second-order valence-electron chi connectivity index (χ2n) is 7.39. The van der Waals surface area contributed by atoms with Crippen LogP contribution in [0.5, 0.6) is 0 Å². The molecule has 5 nitrogen and oxygen atoms in total. The zero-order valence-corrected chi connectivity index (χ0v) is 19.6. The number of nitrogens with one attached hydrogen (secondary N) is 2. The number of thioether (sulfide) groups is 1. The van der Waals surface area contributed by atoms with Crippen molar-refractivity contribution in [2.45, 2.75) is 37.6 Å². The summed E-state index contributed by atoms with van der Waals surface area (Å²) in [7, 11) is 1.84. The van der Waals surface area contributed by atoms with Gasteiger partial charge in [0.15, 0.2) is 5.96 Å². The third-order valence-corrected chi connectivity index (χ3v) is 6.68. The van der Waals surface area contributed by atoms with Gasteiger partial charge < -0.3 is 15.4 Å². The molecule has 2 aliphatic rings. The zero-order valence-electron chi connectivity index (χ0n) is 16.5. The van der Waals surface area contributed by atoms with Crippen LogP contribution < -0.4 is 10.6 Å². The first-order valence-electron chi connectivity index (χ1n) is 9.63. The molecule has 2 aliphatic heterocycles. The highest BCUT2D eigenvalue weighted by Gasteiger charge is 2.29. The second kappa shape index (κ2) is 11.5. The first kappa shape index (κ1) is 22.8. The molecule has 7 heteroatoms. The van der Waals surface area contributed by atoms with E-state index in [9.17, 15) is 0 Å². The SMILES string of the molecule is CN=C(NCc1ccc(CN2CCOCC2)cc1)NCC1(C)CCCS1.I. The predicted molar refractivity (Wildman–Crippen MR) is 126 cm³/mol. The van der Waals surface area contributed by atoms with Crippen LogP contribution in [-0.4, -0.2) is 61.3 Å². The van der Waals surface area contributed by atoms with Gasteiger partial charge in [-0.1, -0.05) is 24.3 Å². The lowest BCUT2D eigenvalue weighted by Crippen LogP contribution is -2.43. The van der Waals surface area contributed by atoms with Crippen LogP contribution in [0, 0.1) is 0 Å². The van der Waals surface area contributed by atoms with Crippen molar-refractivity contribution in [1.29, 1.82) is 0 Å². The summed E-state index contributed by atoms with van der Waals surface area (Å²) in [5.74, 6) is 2.16. The lowest BCUT2D eigenvalue weighted by atomic mass is 10.1. The van der Waals surface area contributed by atoms with Gasteiger partial charge in [0.05, 0.1) is 13.2 Å². The Morgan fingerprint density at radius 2 is 1.89 bits per heavy atom. The van der Waals surface area contributed by atoms with E-state index in [2.05, 4.69) is 63.5 Å². The maximum absolute atomic E-state index is 5.41. The average molecular weight is 504 g/mol. The zero-order chi connectivity index (χ0) is 18.2. The molecule has 27 heavy (non-hydrogen) atoms. The Hall–Kier alpha value is -0.510. The van der Waals surface area contributed by atoms with Gasteiger partial charge in [0.2, 0.25) is 0 Å². The van der Waals surface area contributed by atoms with Crippen LogP contribution in [0.1, 0.15) is 30.9 Å². The molecule has 0 spiro atoms. The van der Waals surface area contributed by atoms with Gasteiger partial charge in [0.25, 0.3) is 0 Å². The molecular formula is C20H33IN4OS. The smallest absolute Gasteiger partial charge is 0.191 e. The van der Waals surface area contributed by atoms with Crippen molar-refractivity contribution < 1.29 is 4.74 Å². The third kappa shape index (κ3) is 7.44. The number of aliphatic imine (C=N–C) groups is 1. The van der Waals surface area contributed by atoms with Crippen molar-refractivity contribution >= 4 is 41.7 Å². The standard InChI is InChI=1S/C20H32N4OS.HI/c1-20(8-3-13-26-20)16-23-19(21-2)22-14-17-4-6-18(7-5-17)15-24-9-11-25-12-10-24;/h4-7H,3,8-16H2,1-2H3,(H2,21,22,23);1H. The van der Waals surface area contributed by atoms with E-state index >= 15 is 0 Å². The molecule has 0 aliphatic carbocycles. The molecule has 1 unspecified atom stereocenters. The largest absolute Gasteiger partial charge is 0.379 e. The van der Waals surface area contributed by atoms with Crippen LogP contribution in [0.15, 0.2) is 29.3 Å². The number of hydrogen-bond donors (Lipinski definition) is 2. The van der Waals surface area contributed by atoms with E-state index in [1.54, 1.807) is 0 Å². The van der Waals surface area contributed by atoms with E-state index in [1.807, 2.05) is 7.05 Å². The quantitative estimate of drug-likeness (QED) is 0.355. The molecule has 2 fully saturated rings. The fraction of sp³-hybridized carbons (Fsp3) is 0.650. The summed E-state index contributed by atoms with van der Waals surface area (Å²) in [6.45, 7) is 8.88. The van der Waals surface area contributed by atoms with Gasteiger partial charge in [-0.05, 0) is 36.6 Å². The molecule has 1 aromatic rings. The molecule has 152 valence electrons. The summed E-state index contributed by atoms with van der Waals surface area (Å²) in [5, 5.41) is 6.92. The van der Waals surface area contributed by atoms with Crippen molar-refractivity contribution in [3.63, 3.8) is 0 Å². The van der Waals surface area contributed by atoms with E-state index in [1.165, 1.54) is 29.7 Å². The summed E-state index contributed by atoms with van der Waals surface area (Å²) in [6, 6.07) is 8.89. The van der Waals surface area contributed by atoms with Crippen molar-refractivity contribution in [3.8, 4) is 0 Å². The van der Waals surface area contributed by atoms with Crippen molar-refractivity contribution in [2.75, 3.05) is 45.6 Å². The van der Waals surface area contributed by atoms with Gasteiger partial charge in [0, 0.05) is 44.5 Å². The number of guanidine groups is 1. The van der Waals surface area contributed by atoms with Gasteiger partial charge in [-0.25, -0.2) is 0 Å². The fourth-order valence-corrected chi connectivity index (χ4v) is 4.68. The predicted octanol–water partition coefficient (Wildman–Crippen LogP) is 3.09. The number of benzene rings is 1. The van der Waals surface area contributed by atoms with Crippen LogP contribution in [0.3, 0.4) is 0 Å². The minimum absolute atomic E-state index is 0. The maximum Gasteiger partial charge on any atom is 0.191 e. The average Bonchev–Trinajstić information content (AvgIpc) is 3.11. The Labute approximate surface area is 185 Å². The van der Waals surface area contributed by atoms with Gasteiger partial charge in [-0.3, -0.25) is 9.89 Å². The summed E-state index contributed by atoms with van der Waals surface area (Å²) >= 11 is 2.07. The molecule has 2 saturated heterocycles. The molecule has 2 N–H and O–H groups in total. The third-order valence-electron chi connectivity index (χ3n) is 5.15. The highest BCUT2D eigenvalue weighted by atomic mass is 127. The number of halogens is 1. The number of morpholine rings is 1. The molecule has 3 rings (SSSR count). The van der Waals surface area contributed by atoms with Crippen molar-refractivity contribution in [1.82, 2.24) is 15.5 Å². The van der Waals surface area contributed by atoms with Gasteiger partial charge in [-0.2, -0.15) is 11.8 Å². The first-order chi connectivity index (χ1) is 12.7. The first-order valence-corrected chi connectivity index (χ1v) is 10.6. The normalized spacial score (nSPS) is 23.7. The Morgan fingerprint density at radius 1 is 1.19 bits per heavy atom. The highest BCUT2D eigenvalue weighted by Crippen LogP contribution is 2.36. The molecule has 2 heterocycles. The summed E-state index contributed by atoms with van der Waals surface area (Å²) < 4.78 is 5.76. The Morgan fingerprint density at radius 3 is 2.52 bits per heavy atom. The number of rotatable bonds is 6. The lowest BCUT2D eigenvalue weighted by molar-refractivity contribution is 0.0342. The van der Waals surface area contributed by atoms with Crippen LogP contribution in [0.2, 0.25) is 0 Å².